The molecule has 0 amide bonds. The number of aryl methyl sites for hydroxylation is 1. The Bertz CT molecular complexity index is 783. The monoisotopic (exact) mass is 323 g/mol. The van der Waals surface area contributed by atoms with Crippen molar-refractivity contribution in [3.05, 3.63) is 26.7 Å². The summed E-state index contributed by atoms with van der Waals surface area (Å²) in [7, 11) is 2.93. The maximum Gasteiger partial charge on any atom is 0.332 e. The van der Waals surface area contributed by atoms with E-state index in [-0.39, 0.29) is 17.8 Å². The molecule has 0 bridgehead atoms. The topological polar surface area (TPSA) is 127 Å². The summed E-state index contributed by atoms with van der Waals surface area (Å²) in [5.74, 6) is 0.400. The van der Waals surface area contributed by atoms with Crippen molar-refractivity contribution >= 4 is 11.2 Å². The number of aliphatic hydroxyl groups excluding tert-OH is 1. The van der Waals surface area contributed by atoms with E-state index in [0.717, 1.165) is 24.1 Å². The van der Waals surface area contributed by atoms with Crippen LogP contribution in [-0.4, -0.2) is 55.7 Å². The molecule has 2 aromatic rings. The summed E-state index contributed by atoms with van der Waals surface area (Å²) in [6.45, 7) is 2.63. The highest BCUT2D eigenvalue weighted by atomic mass is 16.3. The van der Waals surface area contributed by atoms with Crippen LogP contribution in [0.4, 0.5) is 0 Å². The summed E-state index contributed by atoms with van der Waals surface area (Å²) in [5.41, 5.74) is -0.631. The van der Waals surface area contributed by atoms with Crippen LogP contribution in [0.1, 0.15) is 12.2 Å². The van der Waals surface area contributed by atoms with Gasteiger partial charge in [0.25, 0.3) is 5.56 Å². The summed E-state index contributed by atoms with van der Waals surface area (Å²) in [4.78, 5) is 28.1. The third-order valence-corrected chi connectivity index (χ3v) is 3.39. The number of hydrogen-bond acceptors (Lipinski definition) is 8. The van der Waals surface area contributed by atoms with Gasteiger partial charge < -0.3 is 15.7 Å². The van der Waals surface area contributed by atoms with Crippen LogP contribution in [0.15, 0.2) is 9.59 Å². The smallest absolute Gasteiger partial charge is 0.332 e. The summed E-state index contributed by atoms with van der Waals surface area (Å²) < 4.78 is 2.25. The van der Waals surface area contributed by atoms with Gasteiger partial charge in [0.2, 0.25) is 0 Å². The first-order valence-electron chi connectivity index (χ1n) is 7.38. The van der Waals surface area contributed by atoms with Crippen molar-refractivity contribution < 1.29 is 5.11 Å². The minimum atomic E-state index is -0.479. The minimum Gasteiger partial charge on any atom is -0.395 e. The Labute approximate surface area is 132 Å². The van der Waals surface area contributed by atoms with Crippen LogP contribution in [-0.2, 0) is 20.6 Å². The Kier molecular flexibility index (Phi) is 5.90. The van der Waals surface area contributed by atoms with Gasteiger partial charge in [0, 0.05) is 20.6 Å². The van der Waals surface area contributed by atoms with Crippen LogP contribution in [0.25, 0.3) is 11.2 Å². The van der Waals surface area contributed by atoms with E-state index in [1.54, 1.807) is 0 Å². The molecule has 0 aliphatic carbocycles. The fourth-order valence-corrected chi connectivity index (χ4v) is 2.10. The van der Waals surface area contributed by atoms with E-state index < -0.39 is 11.2 Å². The van der Waals surface area contributed by atoms with Crippen molar-refractivity contribution in [2.75, 3.05) is 26.2 Å². The Balaban J connectivity index is 2.04. The van der Waals surface area contributed by atoms with Crippen LogP contribution in [0.3, 0.4) is 0 Å². The van der Waals surface area contributed by atoms with Gasteiger partial charge in [-0.05, 0) is 19.5 Å². The standard InChI is InChI=1S/C13H21N7O3/c1-19-11-10(12(22)20(2)13(19)23)16-9(17-18-11)8-15-5-3-4-14-6-7-21/h14-15,21H,3-8H2,1-2H3. The molecule has 3 N–H and O–H groups in total. The molecule has 2 aromatic heterocycles. The predicted molar refractivity (Wildman–Crippen MR) is 84.1 cm³/mol. The first-order chi connectivity index (χ1) is 11.1. The maximum atomic E-state index is 12.1. The molecule has 0 saturated carbocycles. The molecule has 10 heteroatoms. The molecule has 0 aliphatic rings. The highest BCUT2D eigenvalue weighted by Crippen LogP contribution is 1.99. The number of nitrogens with zero attached hydrogens (tertiary/aromatic N) is 5. The SMILES string of the molecule is Cn1c(=O)c2nc(CNCCCNCCO)nnc2n(C)c1=O. The molecule has 2 heterocycles. The molecule has 0 fully saturated rings. The average Bonchev–Trinajstić information content (AvgIpc) is 2.57. The van der Waals surface area contributed by atoms with Crippen LogP contribution >= 0.6 is 0 Å². The maximum absolute atomic E-state index is 12.1. The van der Waals surface area contributed by atoms with Crippen molar-refractivity contribution in [1.82, 2.24) is 34.9 Å². The van der Waals surface area contributed by atoms with Gasteiger partial charge in [0.15, 0.2) is 17.0 Å². The molecule has 0 unspecified atom stereocenters. The Morgan fingerprint density at radius 1 is 1.04 bits per heavy atom. The van der Waals surface area contributed by atoms with Gasteiger partial charge in [-0.2, -0.15) is 0 Å². The zero-order chi connectivity index (χ0) is 16.8. The van der Waals surface area contributed by atoms with Crippen molar-refractivity contribution in [3.8, 4) is 0 Å². The lowest BCUT2D eigenvalue weighted by Crippen LogP contribution is -2.38. The molecule has 0 aromatic carbocycles. The second kappa shape index (κ2) is 7.90. The highest BCUT2D eigenvalue weighted by Gasteiger charge is 2.12. The van der Waals surface area contributed by atoms with E-state index in [9.17, 15) is 9.59 Å². The van der Waals surface area contributed by atoms with Gasteiger partial charge in [-0.15, -0.1) is 10.2 Å². The lowest BCUT2D eigenvalue weighted by Gasteiger charge is -2.07. The molecule has 0 aliphatic heterocycles. The van der Waals surface area contributed by atoms with Crippen molar-refractivity contribution in [2.45, 2.75) is 13.0 Å². The zero-order valence-electron chi connectivity index (χ0n) is 13.2. The van der Waals surface area contributed by atoms with Gasteiger partial charge in [-0.1, -0.05) is 0 Å². The second-order valence-electron chi connectivity index (χ2n) is 5.11. The molecule has 23 heavy (non-hydrogen) atoms. The zero-order valence-corrected chi connectivity index (χ0v) is 13.2. The summed E-state index contributed by atoms with van der Waals surface area (Å²) in [6, 6.07) is 0. The highest BCUT2D eigenvalue weighted by molar-refractivity contribution is 5.67. The van der Waals surface area contributed by atoms with E-state index in [0.29, 0.717) is 18.9 Å². The van der Waals surface area contributed by atoms with Gasteiger partial charge in [-0.25, -0.2) is 9.78 Å². The number of hydrogen-bond donors (Lipinski definition) is 3. The van der Waals surface area contributed by atoms with E-state index in [4.69, 9.17) is 5.11 Å². The molecule has 0 spiro atoms. The van der Waals surface area contributed by atoms with Crippen LogP contribution in [0.2, 0.25) is 0 Å². The third-order valence-electron chi connectivity index (χ3n) is 3.39. The van der Waals surface area contributed by atoms with E-state index in [1.807, 2.05) is 0 Å². The first-order valence-corrected chi connectivity index (χ1v) is 7.38. The van der Waals surface area contributed by atoms with E-state index >= 15 is 0 Å². The summed E-state index contributed by atoms with van der Waals surface area (Å²) in [5, 5.41) is 22.8. The lowest BCUT2D eigenvalue weighted by atomic mass is 10.4. The van der Waals surface area contributed by atoms with E-state index in [1.165, 1.54) is 18.7 Å². The molecular weight excluding hydrogens is 302 g/mol. The van der Waals surface area contributed by atoms with Crippen molar-refractivity contribution in [1.29, 1.82) is 0 Å². The summed E-state index contributed by atoms with van der Waals surface area (Å²) >= 11 is 0. The van der Waals surface area contributed by atoms with Gasteiger partial charge in [0.05, 0.1) is 13.2 Å². The molecule has 2 rings (SSSR count). The third kappa shape index (κ3) is 3.97. The Morgan fingerprint density at radius 3 is 2.52 bits per heavy atom. The molecule has 0 atom stereocenters. The molecule has 0 radical (unpaired) electrons. The van der Waals surface area contributed by atoms with E-state index in [2.05, 4.69) is 25.8 Å². The fraction of sp³-hybridized carbons (Fsp3) is 0.615. The van der Waals surface area contributed by atoms with Gasteiger partial charge >= 0.3 is 5.69 Å². The van der Waals surface area contributed by atoms with Crippen LogP contribution < -0.4 is 21.9 Å². The Hall–Kier alpha value is -2.17. The minimum absolute atomic E-state index is 0.126. The molecule has 10 nitrogen and oxygen atoms in total. The van der Waals surface area contributed by atoms with Gasteiger partial charge in [-0.3, -0.25) is 13.9 Å². The second-order valence-corrected chi connectivity index (χ2v) is 5.11. The largest absolute Gasteiger partial charge is 0.395 e. The van der Waals surface area contributed by atoms with Crippen molar-refractivity contribution in [3.63, 3.8) is 0 Å². The summed E-state index contributed by atoms with van der Waals surface area (Å²) in [6.07, 6.45) is 0.886. The molecule has 126 valence electrons. The number of rotatable bonds is 8. The quantitative estimate of drug-likeness (QED) is 0.454. The molecule has 0 saturated heterocycles. The van der Waals surface area contributed by atoms with Gasteiger partial charge in [0.1, 0.15) is 0 Å². The normalized spacial score (nSPS) is 11.3. The number of nitrogens with one attached hydrogen (secondary N) is 2. The molecular formula is C13H21N7O3. The number of aromatic nitrogens is 5. The van der Waals surface area contributed by atoms with Crippen LogP contribution in [0.5, 0.6) is 0 Å². The predicted octanol–water partition coefficient (Wildman–Crippen LogP) is -2.52. The first kappa shape index (κ1) is 17.2. The fourth-order valence-electron chi connectivity index (χ4n) is 2.10. The number of aliphatic hydroxyl groups is 1. The lowest BCUT2D eigenvalue weighted by molar-refractivity contribution is 0.292. The average molecular weight is 323 g/mol. The van der Waals surface area contributed by atoms with Crippen molar-refractivity contribution in [2.24, 2.45) is 14.1 Å². The number of fused-ring (bicyclic) bond motifs is 1. The van der Waals surface area contributed by atoms with Crippen LogP contribution in [0, 0.1) is 0 Å². The Morgan fingerprint density at radius 2 is 1.78 bits per heavy atom.